The molecule has 0 spiro atoms. The molecule has 3 heterocycles. The normalized spacial score (nSPS) is 22.2. The van der Waals surface area contributed by atoms with Crippen LogP contribution in [0.5, 0.6) is 0 Å². The third-order valence-corrected chi connectivity index (χ3v) is 7.35. The smallest absolute Gasteiger partial charge is 0.391 e. The van der Waals surface area contributed by atoms with Gasteiger partial charge in [-0.05, 0) is 66.2 Å². The van der Waals surface area contributed by atoms with E-state index in [0.717, 1.165) is 22.7 Å². The summed E-state index contributed by atoms with van der Waals surface area (Å²) in [7, 11) is 0. The van der Waals surface area contributed by atoms with Crippen molar-refractivity contribution in [2.45, 2.75) is 31.3 Å². The summed E-state index contributed by atoms with van der Waals surface area (Å²) in [6.45, 7) is 0.847. The molecule has 2 N–H and O–H groups in total. The highest BCUT2D eigenvalue weighted by Gasteiger charge is 2.43. The molecule has 0 saturated carbocycles. The van der Waals surface area contributed by atoms with E-state index in [1.54, 1.807) is 24.3 Å². The summed E-state index contributed by atoms with van der Waals surface area (Å²) in [5.41, 5.74) is 0.468. The Morgan fingerprint density at radius 3 is 2.78 bits per heavy atom. The van der Waals surface area contributed by atoms with Gasteiger partial charge in [-0.15, -0.1) is 0 Å². The molecule has 36 heavy (non-hydrogen) atoms. The maximum Gasteiger partial charge on any atom is 0.416 e. The predicted octanol–water partition coefficient (Wildman–Crippen LogP) is 4.52. The molecule has 2 saturated heterocycles. The third-order valence-electron chi connectivity index (χ3n) is 6.23. The Morgan fingerprint density at radius 2 is 2.03 bits per heavy atom. The van der Waals surface area contributed by atoms with E-state index in [0.29, 0.717) is 36.0 Å². The van der Waals surface area contributed by atoms with Crippen LogP contribution in [0.4, 0.5) is 18.0 Å². The predicted molar refractivity (Wildman–Crippen MR) is 130 cm³/mol. The molecule has 188 valence electrons. The molecule has 7 nitrogen and oxygen atoms in total. The molecule has 2 aliphatic heterocycles. The van der Waals surface area contributed by atoms with Crippen molar-refractivity contribution in [2.24, 2.45) is 0 Å². The minimum absolute atomic E-state index is 0.000265. The SMILES string of the molecule is O=C1S/C(=C\c2ccc3c(cnn3Cc3ccc(Cl)cc3C(F)(F)F)c2)C(=O)N1C1CNCC[C@@H]1O. The van der Waals surface area contributed by atoms with Crippen molar-refractivity contribution < 1.29 is 27.9 Å². The van der Waals surface area contributed by atoms with Crippen LogP contribution in [0.2, 0.25) is 5.02 Å². The van der Waals surface area contributed by atoms with Gasteiger partial charge >= 0.3 is 6.18 Å². The van der Waals surface area contributed by atoms with Crippen LogP contribution < -0.4 is 5.32 Å². The van der Waals surface area contributed by atoms with Gasteiger partial charge in [-0.1, -0.05) is 23.7 Å². The summed E-state index contributed by atoms with van der Waals surface area (Å²) < 4.78 is 41.9. The van der Waals surface area contributed by atoms with Gasteiger partial charge in [0.05, 0.1) is 40.9 Å². The van der Waals surface area contributed by atoms with E-state index in [1.807, 2.05) is 0 Å². The number of nitrogens with one attached hydrogen (secondary N) is 1. The Balaban J connectivity index is 1.40. The zero-order valence-electron chi connectivity index (χ0n) is 18.6. The fourth-order valence-electron chi connectivity index (χ4n) is 4.44. The minimum Gasteiger partial charge on any atom is -0.391 e. The second-order valence-corrected chi connectivity index (χ2v) is 10.0. The number of alkyl halides is 3. The summed E-state index contributed by atoms with van der Waals surface area (Å²) >= 11 is 6.58. The number of hydrogen-bond donors (Lipinski definition) is 2. The molecule has 5 rings (SSSR count). The molecular weight excluding hydrogens is 517 g/mol. The van der Waals surface area contributed by atoms with Crippen LogP contribution in [0.3, 0.4) is 0 Å². The lowest BCUT2D eigenvalue weighted by Gasteiger charge is -2.33. The number of hydrogen-bond acceptors (Lipinski definition) is 6. The number of carbonyl (C=O) groups is 2. The number of thioether (sulfide) groups is 1. The molecule has 0 radical (unpaired) electrons. The second kappa shape index (κ2) is 9.55. The molecule has 1 unspecified atom stereocenters. The Morgan fingerprint density at radius 1 is 1.22 bits per heavy atom. The second-order valence-electron chi connectivity index (χ2n) is 8.60. The Hall–Kier alpha value is -2.86. The third kappa shape index (κ3) is 4.75. The van der Waals surface area contributed by atoms with Gasteiger partial charge in [0.2, 0.25) is 0 Å². The number of nitrogens with zero attached hydrogens (tertiary/aromatic N) is 3. The topological polar surface area (TPSA) is 87.5 Å². The lowest BCUT2D eigenvalue weighted by molar-refractivity contribution is -0.138. The lowest BCUT2D eigenvalue weighted by atomic mass is 10.0. The van der Waals surface area contributed by atoms with Crippen LogP contribution in [0.25, 0.3) is 17.0 Å². The standard InChI is InChI=1S/C24H20ClF3N4O3S/c25-16-3-2-14(17(9-16)24(26,27)28)12-31-18-4-1-13(7-15(18)10-30-31)8-21-22(34)32(23(35)36-21)19-11-29-6-5-20(19)33/h1-4,7-10,19-20,29,33H,5-6,11-12H2/b21-8-/t19?,20-/m0/s1. The van der Waals surface area contributed by atoms with Crippen LogP contribution in [0.15, 0.2) is 47.5 Å². The fourth-order valence-corrected chi connectivity index (χ4v) is 5.50. The number of aliphatic hydroxyl groups is 1. The van der Waals surface area contributed by atoms with Crippen molar-refractivity contribution >= 4 is 51.5 Å². The summed E-state index contributed by atoms with van der Waals surface area (Å²) in [5, 5.41) is 17.8. The van der Waals surface area contributed by atoms with Gasteiger partial charge in [0.1, 0.15) is 0 Å². The summed E-state index contributed by atoms with van der Waals surface area (Å²) in [5.74, 6) is -0.462. The molecule has 2 atom stereocenters. The van der Waals surface area contributed by atoms with Crippen LogP contribution in [0, 0.1) is 0 Å². The highest BCUT2D eigenvalue weighted by molar-refractivity contribution is 8.18. The monoisotopic (exact) mass is 536 g/mol. The van der Waals surface area contributed by atoms with Crippen molar-refractivity contribution in [3.05, 3.63) is 69.2 Å². The highest BCUT2D eigenvalue weighted by Crippen LogP contribution is 2.36. The number of aliphatic hydroxyl groups excluding tert-OH is 1. The number of halogens is 4. The zero-order chi connectivity index (χ0) is 25.6. The first-order valence-electron chi connectivity index (χ1n) is 11.1. The average Bonchev–Trinajstić information content (AvgIpc) is 3.34. The first kappa shape index (κ1) is 24.8. The van der Waals surface area contributed by atoms with E-state index in [9.17, 15) is 27.9 Å². The summed E-state index contributed by atoms with van der Waals surface area (Å²) in [4.78, 5) is 26.8. The highest BCUT2D eigenvalue weighted by atomic mass is 35.5. The Kier molecular flexibility index (Phi) is 6.58. The van der Waals surface area contributed by atoms with Crippen molar-refractivity contribution in [2.75, 3.05) is 13.1 Å². The maximum atomic E-state index is 13.5. The van der Waals surface area contributed by atoms with Gasteiger partial charge in [0.25, 0.3) is 11.1 Å². The van der Waals surface area contributed by atoms with E-state index in [-0.39, 0.29) is 22.0 Å². The molecule has 2 aliphatic rings. The molecule has 0 aliphatic carbocycles. The van der Waals surface area contributed by atoms with Gasteiger partial charge in [-0.2, -0.15) is 18.3 Å². The minimum atomic E-state index is -4.55. The molecule has 12 heteroatoms. The van der Waals surface area contributed by atoms with Crippen molar-refractivity contribution in [1.29, 1.82) is 0 Å². The zero-order valence-corrected chi connectivity index (χ0v) is 20.2. The summed E-state index contributed by atoms with van der Waals surface area (Å²) in [6, 6.07) is 8.18. The number of piperidine rings is 1. The number of amides is 2. The van der Waals surface area contributed by atoms with E-state index in [2.05, 4.69) is 10.4 Å². The maximum absolute atomic E-state index is 13.5. The van der Waals surface area contributed by atoms with Gasteiger partial charge in [-0.3, -0.25) is 19.2 Å². The van der Waals surface area contributed by atoms with E-state index < -0.39 is 35.0 Å². The summed E-state index contributed by atoms with van der Waals surface area (Å²) in [6.07, 6.45) is -1.76. The number of fused-ring (bicyclic) bond motifs is 1. The van der Waals surface area contributed by atoms with Gasteiger partial charge in [0, 0.05) is 17.0 Å². The lowest BCUT2D eigenvalue weighted by Crippen LogP contribution is -2.55. The molecule has 2 fully saturated rings. The molecule has 2 aromatic carbocycles. The number of imide groups is 1. The molecule has 3 aromatic rings. The van der Waals surface area contributed by atoms with Crippen LogP contribution >= 0.6 is 23.4 Å². The van der Waals surface area contributed by atoms with Crippen molar-refractivity contribution in [1.82, 2.24) is 20.0 Å². The number of carbonyl (C=O) groups excluding carboxylic acids is 2. The first-order valence-corrected chi connectivity index (χ1v) is 12.3. The Labute approximate surface area is 212 Å². The molecule has 0 bridgehead atoms. The van der Waals surface area contributed by atoms with Crippen LogP contribution in [-0.2, 0) is 17.5 Å². The largest absolute Gasteiger partial charge is 0.416 e. The number of rotatable bonds is 4. The van der Waals surface area contributed by atoms with Gasteiger partial charge in [-0.25, -0.2) is 0 Å². The Bertz CT molecular complexity index is 1390. The van der Waals surface area contributed by atoms with Gasteiger partial charge in [0.15, 0.2) is 0 Å². The molecule has 2 amide bonds. The van der Waals surface area contributed by atoms with E-state index in [4.69, 9.17) is 11.6 Å². The van der Waals surface area contributed by atoms with Crippen molar-refractivity contribution in [3.8, 4) is 0 Å². The quantitative estimate of drug-likeness (QED) is 0.477. The van der Waals surface area contributed by atoms with Crippen LogP contribution in [0.1, 0.15) is 23.1 Å². The van der Waals surface area contributed by atoms with E-state index in [1.165, 1.54) is 23.0 Å². The number of aromatic nitrogens is 2. The van der Waals surface area contributed by atoms with Crippen LogP contribution in [-0.4, -0.2) is 56.2 Å². The molecule has 1 aromatic heterocycles. The number of benzene rings is 2. The van der Waals surface area contributed by atoms with Gasteiger partial charge < -0.3 is 10.4 Å². The average molecular weight is 537 g/mol. The fraction of sp³-hybridized carbons (Fsp3) is 0.292. The molecular formula is C24H20ClF3N4O3S. The van der Waals surface area contributed by atoms with E-state index >= 15 is 0 Å². The first-order chi connectivity index (χ1) is 17.1. The van der Waals surface area contributed by atoms with Crippen molar-refractivity contribution in [3.63, 3.8) is 0 Å².